The number of hydrogen-bond acceptors (Lipinski definition) is 6. The number of hydrogen-bond donors (Lipinski definition) is 5. The molecule has 2 aromatic carbocycles. The fourth-order valence-electron chi connectivity index (χ4n) is 2.93. The fraction of sp³-hybridized carbons (Fsp3) is 0.167. The van der Waals surface area contributed by atoms with Gasteiger partial charge in [-0.1, -0.05) is 24.4 Å². The van der Waals surface area contributed by atoms with E-state index in [1.54, 1.807) is 24.3 Å². The van der Waals surface area contributed by atoms with Gasteiger partial charge in [0, 0.05) is 29.1 Å². The highest BCUT2D eigenvalue weighted by Gasteiger charge is 2.31. The summed E-state index contributed by atoms with van der Waals surface area (Å²) in [5, 5.41) is 17.0. The number of aliphatic hydroxyl groups excluding tert-OH is 1. The Hall–Kier alpha value is -3.81. The zero-order chi connectivity index (χ0) is 27.0. The van der Waals surface area contributed by atoms with Crippen molar-refractivity contribution in [3.8, 4) is 0 Å². The molecule has 0 fully saturated rings. The third-order valence-corrected chi connectivity index (χ3v) is 5.64. The second-order valence-corrected chi connectivity index (χ2v) is 8.54. The molecule has 8 nitrogen and oxygen atoms in total. The van der Waals surface area contributed by atoms with Crippen molar-refractivity contribution in [1.82, 2.24) is 15.3 Å². The van der Waals surface area contributed by atoms with Crippen LogP contribution in [0.15, 0.2) is 88.5 Å². The summed E-state index contributed by atoms with van der Waals surface area (Å²) >= 11 is 1.46. The van der Waals surface area contributed by atoms with E-state index < -0.39 is 36.6 Å². The van der Waals surface area contributed by atoms with Crippen LogP contribution in [-0.4, -0.2) is 47.4 Å². The topological polar surface area (TPSA) is 111 Å². The lowest BCUT2D eigenvalue weighted by molar-refractivity contribution is -0.0884. The Labute approximate surface area is 213 Å². The van der Waals surface area contributed by atoms with Crippen LogP contribution in [0.25, 0.3) is 11.0 Å². The zero-order valence-electron chi connectivity index (χ0n) is 19.4. The summed E-state index contributed by atoms with van der Waals surface area (Å²) in [4.78, 5) is 21.2. The maximum absolute atomic E-state index is 12.9. The molecule has 3 rings (SSSR count). The van der Waals surface area contributed by atoms with Gasteiger partial charge in [-0.2, -0.15) is 13.2 Å². The first-order chi connectivity index (χ1) is 17.5. The Morgan fingerprint density at radius 1 is 1.22 bits per heavy atom. The quantitative estimate of drug-likeness (QED) is 0.129. The van der Waals surface area contributed by atoms with Gasteiger partial charge in [-0.25, -0.2) is 14.2 Å². The van der Waals surface area contributed by atoms with Crippen LogP contribution in [0, 0.1) is 0 Å². The molecule has 0 bridgehead atoms. The van der Waals surface area contributed by atoms with E-state index in [0.717, 1.165) is 21.4 Å². The van der Waals surface area contributed by atoms with E-state index in [1.165, 1.54) is 18.9 Å². The third-order valence-electron chi connectivity index (χ3n) is 4.64. The number of ether oxygens (including phenoxy) is 1. The molecule has 1 heterocycles. The van der Waals surface area contributed by atoms with E-state index in [2.05, 4.69) is 32.5 Å². The highest BCUT2D eigenvalue weighted by atomic mass is 32.2. The van der Waals surface area contributed by atoms with E-state index in [1.807, 2.05) is 18.2 Å². The van der Waals surface area contributed by atoms with Crippen LogP contribution in [0.3, 0.4) is 0 Å². The number of imidazole rings is 1. The summed E-state index contributed by atoms with van der Waals surface area (Å²) in [5.41, 5.74) is 0.772. The summed E-state index contributed by atoms with van der Waals surface area (Å²) < 4.78 is 56.2. The summed E-state index contributed by atoms with van der Waals surface area (Å²) in [6.07, 6.45) is -4.03. The number of carbonyl (C=O) groups excluding carboxylic acids is 1. The van der Waals surface area contributed by atoms with Gasteiger partial charge >= 0.3 is 12.2 Å². The van der Waals surface area contributed by atoms with Gasteiger partial charge in [0.05, 0.1) is 16.6 Å². The molecule has 0 aliphatic rings. The first-order valence-electron chi connectivity index (χ1n) is 10.6. The molecule has 196 valence electrons. The molecule has 37 heavy (non-hydrogen) atoms. The van der Waals surface area contributed by atoms with Crippen molar-refractivity contribution in [2.24, 2.45) is 0 Å². The summed E-state index contributed by atoms with van der Waals surface area (Å²) in [5.74, 6) is -0.665. The molecule has 0 spiro atoms. The van der Waals surface area contributed by atoms with Crippen molar-refractivity contribution in [2.45, 2.75) is 22.4 Å². The van der Waals surface area contributed by atoms with Crippen molar-refractivity contribution in [2.75, 3.05) is 24.3 Å². The standard InChI is InChI=1S/C24H23F4N5O3S/c1-14(25)3-4-15(24(26,27)28)11-12-29-22(34)30-16-5-7-17(8-6-16)37-18-9-10-19-20(13-18)32-21(31-19)33-23(35)36-2/h3-11,13,23,35H,1,12H2,2H3,(H2,29,30,34)(H2,31,32,33)/b4-3-,15-11+. The van der Waals surface area contributed by atoms with E-state index in [0.29, 0.717) is 29.3 Å². The second kappa shape index (κ2) is 12.4. The number of alkyl halides is 3. The van der Waals surface area contributed by atoms with Crippen LogP contribution in [0.4, 0.5) is 34.0 Å². The molecule has 1 aromatic heterocycles. The molecule has 3 aromatic rings. The van der Waals surface area contributed by atoms with Crippen LogP contribution in [0.5, 0.6) is 0 Å². The Morgan fingerprint density at radius 3 is 2.57 bits per heavy atom. The number of allylic oxidation sites excluding steroid dienone is 4. The van der Waals surface area contributed by atoms with Gasteiger partial charge < -0.3 is 30.8 Å². The molecule has 13 heteroatoms. The zero-order valence-corrected chi connectivity index (χ0v) is 20.2. The first kappa shape index (κ1) is 27.8. The second-order valence-electron chi connectivity index (χ2n) is 7.40. The number of amides is 2. The smallest absolute Gasteiger partial charge is 0.351 e. The Bertz CT molecular complexity index is 1310. The number of aromatic amines is 1. The highest BCUT2D eigenvalue weighted by molar-refractivity contribution is 7.99. The molecule has 2 amide bonds. The predicted octanol–water partition coefficient (Wildman–Crippen LogP) is 5.70. The molecule has 1 unspecified atom stereocenters. The number of anilines is 2. The molecule has 0 aliphatic carbocycles. The number of rotatable bonds is 10. The lowest BCUT2D eigenvalue weighted by Crippen LogP contribution is -2.29. The molecular formula is C24H23F4N5O3S. The number of urea groups is 1. The lowest BCUT2D eigenvalue weighted by Gasteiger charge is -2.09. The van der Waals surface area contributed by atoms with Crippen molar-refractivity contribution in [3.63, 3.8) is 0 Å². The van der Waals surface area contributed by atoms with Crippen molar-refractivity contribution < 1.29 is 32.2 Å². The van der Waals surface area contributed by atoms with Gasteiger partial charge in [-0.15, -0.1) is 0 Å². The minimum Gasteiger partial charge on any atom is -0.351 e. The maximum atomic E-state index is 12.9. The fourth-order valence-corrected chi connectivity index (χ4v) is 3.78. The summed E-state index contributed by atoms with van der Waals surface area (Å²) in [6.45, 7) is 2.45. The van der Waals surface area contributed by atoms with Crippen molar-refractivity contribution >= 4 is 40.5 Å². The number of carbonyl (C=O) groups is 1. The van der Waals surface area contributed by atoms with Gasteiger partial charge in [-0.3, -0.25) is 0 Å². The maximum Gasteiger partial charge on any atom is 0.416 e. The van der Waals surface area contributed by atoms with Crippen LogP contribution < -0.4 is 16.0 Å². The number of H-pyrrole nitrogens is 1. The van der Waals surface area contributed by atoms with Crippen LogP contribution in [-0.2, 0) is 4.74 Å². The van der Waals surface area contributed by atoms with Crippen LogP contribution in [0.1, 0.15) is 0 Å². The summed E-state index contributed by atoms with van der Waals surface area (Å²) in [6, 6.07) is 11.7. The van der Waals surface area contributed by atoms with Crippen LogP contribution >= 0.6 is 11.8 Å². The van der Waals surface area contributed by atoms with E-state index >= 15 is 0 Å². The highest BCUT2D eigenvalue weighted by Crippen LogP contribution is 2.31. The van der Waals surface area contributed by atoms with Gasteiger partial charge in [0.25, 0.3) is 0 Å². The molecule has 0 radical (unpaired) electrons. The Balaban J connectivity index is 1.56. The minimum absolute atomic E-state index is 0.354. The number of halogens is 4. The van der Waals surface area contributed by atoms with Gasteiger partial charge in [-0.05, 0) is 54.6 Å². The summed E-state index contributed by atoms with van der Waals surface area (Å²) in [7, 11) is 1.35. The number of nitrogens with one attached hydrogen (secondary N) is 4. The molecular weight excluding hydrogens is 514 g/mol. The number of benzene rings is 2. The number of fused-ring (bicyclic) bond motifs is 1. The first-order valence-corrected chi connectivity index (χ1v) is 11.4. The monoisotopic (exact) mass is 537 g/mol. The van der Waals surface area contributed by atoms with Crippen molar-refractivity contribution in [1.29, 1.82) is 0 Å². The third kappa shape index (κ3) is 8.66. The van der Waals surface area contributed by atoms with E-state index in [4.69, 9.17) is 4.74 Å². The number of aromatic nitrogens is 2. The van der Waals surface area contributed by atoms with Gasteiger partial charge in [0.1, 0.15) is 5.83 Å². The molecule has 5 N–H and O–H groups in total. The lowest BCUT2D eigenvalue weighted by atomic mass is 10.2. The molecule has 0 saturated heterocycles. The Morgan fingerprint density at radius 2 is 1.92 bits per heavy atom. The predicted molar refractivity (Wildman–Crippen MR) is 134 cm³/mol. The van der Waals surface area contributed by atoms with Gasteiger partial charge in [0.2, 0.25) is 12.4 Å². The minimum atomic E-state index is -4.70. The van der Waals surface area contributed by atoms with E-state index in [-0.39, 0.29) is 0 Å². The average Bonchev–Trinajstić information content (AvgIpc) is 3.22. The van der Waals surface area contributed by atoms with E-state index in [9.17, 15) is 27.5 Å². The number of nitrogens with zero attached hydrogens (tertiary/aromatic N) is 1. The normalized spacial score (nSPS) is 13.1. The largest absolute Gasteiger partial charge is 0.416 e. The molecule has 1 atom stereocenters. The Kier molecular flexibility index (Phi) is 9.33. The van der Waals surface area contributed by atoms with Gasteiger partial charge in [0.15, 0.2) is 0 Å². The molecule has 0 saturated carbocycles. The number of methoxy groups -OCH3 is 1. The SMILES string of the molecule is C=C(F)/C=C\C(=C/CNC(=O)Nc1ccc(Sc2ccc3nc(NC(O)OC)[nH]c3c2)cc1)C(F)(F)F. The van der Waals surface area contributed by atoms with Crippen LogP contribution in [0.2, 0.25) is 0 Å². The molecule has 0 aliphatic heterocycles. The average molecular weight is 538 g/mol. The number of aliphatic hydroxyl groups is 1. The van der Waals surface area contributed by atoms with Crippen molar-refractivity contribution in [3.05, 3.63) is 78.7 Å².